The van der Waals surface area contributed by atoms with Crippen LogP contribution in [-0.4, -0.2) is 53.7 Å². The van der Waals surface area contributed by atoms with E-state index < -0.39 is 5.60 Å². The molecule has 0 unspecified atom stereocenters. The lowest BCUT2D eigenvalue weighted by atomic mass is 10.2. The van der Waals surface area contributed by atoms with Crippen molar-refractivity contribution in [1.29, 1.82) is 0 Å². The highest BCUT2D eigenvalue weighted by Gasteiger charge is 2.23. The van der Waals surface area contributed by atoms with Crippen LogP contribution in [0.1, 0.15) is 50.9 Å². The first-order valence-corrected chi connectivity index (χ1v) is 9.79. The number of nitrogens with zero attached hydrogens (tertiary/aromatic N) is 3. The van der Waals surface area contributed by atoms with Crippen molar-refractivity contribution in [3.05, 3.63) is 16.1 Å². The predicted octanol–water partition coefficient (Wildman–Crippen LogP) is 3.15. The number of amides is 1. The number of thiazole rings is 1. The van der Waals surface area contributed by atoms with Crippen molar-refractivity contribution >= 4 is 23.4 Å². The minimum atomic E-state index is -0.484. The first kappa shape index (κ1) is 22.2. The number of aromatic nitrogens is 1. The van der Waals surface area contributed by atoms with Crippen LogP contribution in [0.25, 0.3) is 0 Å². The van der Waals surface area contributed by atoms with E-state index in [1.807, 2.05) is 47.7 Å². The zero-order valence-electron chi connectivity index (χ0n) is 17.0. The van der Waals surface area contributed by atoms with Crippen molar-refractivity contribution in [3.8, 4) is 0 Å². The number of carbonyl (C=O) groups is 1. The summed E-state index contributed by atoms with van der Waals surface area (Å²) < 4.78 is 5.47. The molecule has 148 valence electrons. The molecule has 2 N–H and O–H groups in total. The molecule has 0 aliphatic carbocycles. The zero-order valence-corrected chi connectivity index (χ0v) is 17.9. The molecule has 0 bridgehead atoms. The van der Waals surface area contributed by atoms with Crippen LogP contribution in [0.5, 0.6) is 0 Å². The van der Waals surface area contributed by atoms with E-state index in [-0.39, 0.29) is 12.1 Å². The van der Waals surface area contributed by atoms with E-state index >= 15 is 0 Å². The Morgan fingerprint density at radius 3 is 2.58 bits per heavy atom. The van der Waals surface area contributed by atoms with Crippen molar-refractivity contribution in [2.24, 2.45) is 4.99 Å². The molecule has 1 heterocycles. The molecule has 0 atom stereocenters. The number of hydrogen-bond acceptors (Lipinski definition) is 5. The Bertz CT molecular complexity index is 593. The second-order valence-electron chi connectivity index (χ2n) is 7.34. The molecule has 0 saturated carbocycles. The van der Waals surface area contributed by atoms with E-state index in [1.54, 1.807) is 23.3 Å². The first-order chi connectivity index (χ1) is 12.1. The highest BCUT2D eigenvalue weighted by Crippen LogP contribution is 2.12. The van der Waals surface area contributed by atoms with Crippen LogP contribution in [0.3, 0.4) is 0 Å². The Balaban J connectivity index is 2.37. The summed E-state index contributed by atoms with van der Waals surface area (Å²) in [7, 11) is 1.74. The molecular formula is C18H33N5O2S. The minimum Gasteiger partial charge on any atom is -0.444 e. The van der Waals surface area contributed by atoms with Gasteiger partial charge in [0.25, 0.3) is 0 Å². The van der Waals surface area contributed by atoms with Crippen molar-refractivity contribution in [1.82, 2.24) is 20.5 Å². The third kappa shape index (κ3) is 8.51. The maximum atomic E-state index is 12.3. The predicted molar refractivity (Wildman–Crippen MR) is 108 cm³/mol. The van der Waals surface area contributed by atoms with Gasteiger partial charge in [0.05, 0.1) is 6.54 Å². The molecular weight excluding hydrogens is 350 g/mol. The average Bonchev–Trinajstić information content (AvgIpc) is 2.93. The van der Waals surface area contributed by atoms with Gasteiger partial charge in [0, 0.05) is 37.3 Å². The molecule has 0 fully saturated rings. The van der Waals surface area contributed by atoms with Crippen molar-refractivity contribution in [3.63, 3.8) is 0 Å². The monoisotopic (exact) mass is 383 g/mol. The smallest absolute Gasteiger partial charge is 0.410 e. The third-order valence-electron chi connectivity index (χ3n) is 3.42. The van der Waals surface area contributed by atoms with Crippen molar-refractivity contribution in [2.75, 3.05) is 20.1 Å². The lowest BCUT2D eigenvalue weighted by molar-refractivity contribution is 0.0190. The maximum absolute atomic E-state index is 12.3. The Morgan fingerprint density at radius 1 is 1.38 bits per heavy atom. The lowest BCUT2D eigenvalue weighted by Gasteiger charge is -2.30. The van der Waals surface area contributed by atoms with Crippen LogP contribution in [0.15, 0.2) is 11.2 Å². The standard InChI is InChI=1S/C18H33N5O2S/c1-13(2)23(17(24)25-18(4,5)6)10-8-9-20-16(19-7)22-12-15-21-11-14(3)26-15/h11,13H,8-10,12H2,1-7H3,(H2,19,20,22). The summed E-state index contributed by atoms with van der Waals surface area (Å²) in [5.41, 5.74) is -0.484. The molecule has 1 aromatic rings. The fraction of sp³-hybridized carbons (Fsp3) is 0.722. The quantitative estimate of drug-likeness (QED) is 0.430. The molecule has 7 nitrogen and oxygen atoms in total. The van der Waals surface area contributed by atoms with Crippen LogP contribution < -0.4 is 10.6 Å². The molecule has 1 rings (SSSR count). The van der Waals surface area contributed by atoms with Gasteiger partial charge >= 0.3 is 6.09 Å². The average molecular weight is 384 g/mol. The van der Waals surface area contributed by atoms with E-state index in [0.29, 0.717) is 19.6 Å². The molecule has 0 spiro atoms. The van der Waals surface area contributed by atoms with E-state index in [0.717, 1.165) is 17.4 Å². The SMILES string of the molecule is CN=C(NCCCN(C(=O)OC(C)(C)C)C(C)C)NCc1ncc(C)s1. The van der Waals surface area contributed by atoms with Gasteiger partial charge in [-0.1, -0.05) is 0 Å². The van der Waals surface area contributed by atoms with Crippen molar-refractivity contribution in [2.45, 2.75) is 66.2 Å². The number of aliphatic imine (C=N–C) groups is 1. The van der Waals surface area contributed by atoms with Crippen LogP contribution >= 0.6 is 11.3 Å². The first-order valence-electron chi connectivity index (χ1n) is 8.98. The summed E-state index contributed by atoms with van der Waals surface area (Å²) in [5.74, 6) is 0.728. The Hall–Kier alpha value is -1.83. The molecule has 0 aliphatic heterocycles. The number of hydrogen-bond donors (Lipinski definition) is 2. The summed E-state index contributed by atoms with van der Waals surface area (Å²) in [6.07, 6.45) is 2.40. The van der Waals surface area contributed by atoms with Gasteiger partial charge in [-0.15, -0.1) is 11.3 Å². The van der Waals surface area contributed by atoms with Gasteiger partial charge in [0.2, 0.25) is 0 Å². The van der Waals surface area contributed by atoms with Gasteiger partial charge in [0.15, 0.2) is 5.96 Å². The van der Waals surface area contributed by atoms with Gasteiger partial charge in [0.1, 0.15) is 10.6 Å². The molecule has 1 amide bonds. The Morgan fingerprint density at radius 2 is 2.08 bits per heavy atom. The van der Waals surface area contributed by atoms with Gasteiger partial charge < -0.3 is 20.3 Å². The van der Waals surface area contributed by atoms with E-state index in [1.165, 1.54) is 4.88 Å². The molecule has 0 saturated heterocycles. The van der Waals surface area contributed by atoms with Crippen LogP contribution in [-0.2, 0) is 11.3 Å². The van der Waals surface area contributed by atoms with E-state index in [4.69, 9.17) is 4.74 Å². The second-order valence-corrected chi connectivity index (χ2v) is 8.66. The Kier molecular flexibility index (Phi) is 8.84. The number of ether oxygens (including phenoxy) is 1. The highest BCUT2D eigenvalue weighted by molar-refractivity contribution is 7.11. The fourth-order valence-corrected chi connectivity index (χ4v) is 2.93. The van der Waals surface area contributed by atoms with Gasteiger partial charge in [-0.3, -0.25) is 4.99 Å². The largest absolute Gasteiger partial charge is 0.444 e. The molecule has 0 radical (unpaired) electrons. The summed E-state index contributed by atoms with van der Waals surface area (Å²) in [4.78, 5) is 23.8. The number of aryl methyl sites for hydroxylation is 1. The van der Waals surface area contributed by atoms with Crippen LogP contribution in [0.4, 0.5) is 4.79 Å². The molecule has 26 heavy (non-hydrogen) atoms. The minimum absolute atomic E-state index is 0.0930. The topological polar surface area (TPSA) is 78.9 Å². The maximum Gasteiger partial charge on any atom is 0.410 e. The van der Waals surface area contributed by atoms with E-state index in [9.17, 15) is 4.79 Å². The van der Waals surface area contributed by atoms with E-state index in [2.05, 4.69) is 20.6 Å². The van der Waals surface area contributed by atoms with Gasteiger partial charge in [-0.25, -0.2) is 9.78 Å². The summed E-state index contributed by atoms with van der Waals surface area (Å²) in [6.45, 7) is 13.7. The van der Waals surface area contributed by atoms with Gasteiger partial charge in [-0.05, 0) is 48.0 Å². The van der Waals surface area contributed by atoms with Crippen LogP contribution in [0, 0.1) is 6.92 Å². The number of guanidine groups is 1. The molecule has 8 heteroatoms. The number of rotatable bonds is 7. The van der Waals surface area contributed by atoms with Crippen LogP contribution in [0.2, 0.25) is 0 Å². The fourth-order valence-electron chi connectivity index (χ4n) is 2.20. The molecule has 0 aromatic carbocycles. The molecule has 1 aromatic heterocycles. The third-order valence-corrected chi connectivity index (χ3v) is 4.33. The highest BCUT2D eigenvalue weighted by atomic mass is 32.1. The number of nitrogens with one attached hydrogen (secondary N) is 2. The zero-order chi connectivity index (χ0) is 19.7. The lowest BCUT2D eigenvalue weighted by Crippen LogP contribution is -2.43. The summed E-state index contributed by atoms with van der Waals surface area (Å²) >= 11 is 1.67. The van der Waals surface area contributed by atoms with Gasteiger partial charge in [-0.2, -0.15) is 0 Å². The van der Waals surface area contributed by atoms with Crippen molar-refractivity contribution < 1.29 is 9.53 Å². The number of carbonyl (C=O) groups excluding carboxylic acids is 1. The normalized spacial score (nSPS) is 12.2. The Labute approximate surface area is 161 Å². The summed E-state index contributed by atoms with van der Waals surface area (Å²) in [5, 5.41) is 7.54. The summed E-state index contributed by atoms with van der Waals surface area (Å²) in [6, 6.07) is 0.0930. The second kappa shape index (κ2) is 10.4. The molecule has 0 aliphatic rings.